The van der Waals surface area contributed by atoms with Crippen molar-refractivity contribution in [3.05, 3.63) is 71.8 Å². The van der Waals surface area contributed by atoms with Crippen LogP contribution in [-0.4, -0.2) is 52.9 Å². The van der Waals surface area contributed by atoms with Gasteiger partial charge in [0, 0.05) is 7.05 Å². The van der Waals surface area contributed by atoms with Crippen molar-refractivity contribution in [2.75, 3.05) is 13.6 Å². The standard InChI is InChI=1S/C23H25N3O5/c1-22(2,3)31-21(30)25(4)15-18(27)26-19(28)23(24-20(26)29,16-11-7-5-8-12-16)17-13-9-6-10-14-17/h5-14H,15H2,1-4H3,(H,24,29). The second kappa shape index (κ2) is 8.22. The van der Waals surface area contributed by atoms with Gasteiger partial charge in [0.05, 0.1) is 0 Å². The largest absolute Gasteiger partial charge is 0.444 e. The number of amides is 5. The number of hydrogen-bond donors (Lipinski definition) is 1. The van der Waals surface area contributed by atoms with Crippen LogP contribution in [0.3, 0.4) is 0 Å². The van der Waals surface area contributed by atoms with Gasteiger partial charge in [-0.05, 0) is 31.9 Å². The van der Waals surface area contributed by atoms with Gasteiger partial charge in [-0.25, -0.2) is 9.59 Å². The fourth-order valence-corrected chi connectivity index (χ4v) is 3.37. The topological polar surface area (TPSA) is 96.0 Å². The third-order valence-corrected chi connectivity index (χ3v) is 4.76. The molecule has 1 saturated heterocycles. The molecule has 0 radical (unpaired) electrons. The molecule has 8 nitrogen and oxygen atoms in total. The van der Waals surface area contributed by atoms with Crippen LogP contribution in [0.4, 0.5) is 9.59 Å². The summed E-state index contributed by atoms with van der Waals surface area (Å²) in [6.07, 6.45) is -0.731. The maximum atomic E-state index is 13.5. The van der Waals surface area contributed by atoms with E-state index in [1.165, 1.54) is 7.05 Å². The molecule has 0 aliphatic carbocycles. The smallest absolute Gasteiger partial charge is 0.410 e. The summed E-state index contributed by atoms with van der Waals surface area (Å²) in [5.74, 6) is -1.55. The van der Waals surface area contributed by atoms with Crippen molar-refractivity contribution < 1.29 is 23.9 Å². The number of ether oxygens (including phenoxy) is 1. The zero-order valence-corrected chi connectivity index (χ0v) is 17.9. The van der Waals surface area contributed by atoms with Gasteiger partial charge < -0.3 is 15.0 Å². The second-order valence-electron chi connectivity index (χ2n) is 8.28. The van der Waals surface area contributed by atoms with Crippen molar-refractivity contribution in [2.24, 2.45) is 0 Å². The molecule has 8 heteroatoms. The quantitative estimate of drug-likeness (QED) is 0.763. The number of urea groups is 1. The van der Waals surface area contributed by atoms with Crippen molar-refractivity contribution in [1.29, 1.82) is 0 Å². The summed E-state index contributed by atoms with van der Waals surface area (Å²) in [6, 6.07) is 16.6. The fourth-order valence-electron chi connectivity index (χ4n) is 3.37. The van der Waals surface area contributed by atoms with Crippen LogP contribution < -0.4 is 5.32 Å². The lowest BCUT2D eigenvalue weighted by Gasteiger charge is -2.28. The lowest BCUT2D eigenvalue weighted by Crippen LogP contribution is -2.47. The van der Waals surface area contributed by atoms with E-state index in [0.717, 1.165) is 4.90 Å². The van der Waals surface area contributed by atoms with Crippen LogP contribution in [-0.2, 0) is 19.9 Å². The molecule has 5 amide bonds. The Morgan fingerprint density at radius 2 is 1.45 bits per heavy atom. The molecule has 1 aliphatic heterocycles. The molecule has 0 aromatic heterocycles. The Kier molecular flexibility index (Phi) is 5.83. The number of nitrogens with zero attached hydrogens (tertiary/aromatic N) is 2. The average molecular weight is 423 g/mol. The monoisotopic (exact) mass is 423 g/mol. The highest BCUT2D eigenvalue weighted by Gasteiger charge is 2.55. The summed E-state index contributed by atoms with van der Waals surface area (Å²) >= 11 is 0. The molecule has 1 aliphatic rings. The van der Waals surface area contributed by atoms with Crippen molar-refractivity contribution in [3.8, 4) is 0 Å². The molecular weight excluding hydrogens is 398 g/mol. The summed E-state index contributed by atoms with van der Waals surface area (Å²) in [5, 5.41) is 2.70. The van der Waals surface area contributed by atoms with Gasteiger partial charge in [0.15, 0.2) is 5.54 Å². The molecule has 162 valence electrons. The molecule has 2 aromatic rings. The molecular formula is C23H25N3O5. The summed E-state index contributed by atoms with van der Waals surface area (Å²) in [5.41, 5.74) is -1.24. The van der Waals surface area contributed by atoms with E-state index >= 15 is 0 Å². The van der Waals surface area contributed by atoms with E-state index < -0.39 is 41.6 Å². The Morgan fingerprint density at radius 1 is 0.968 bits per heavy atom. The van der Waals surface area contributed by atoms with E-state index in [4.69, 9.17) is 4.74 Å². The second-order valence-corrected chi connectivity index (χ2v) is 8.28. The SMILES string of the molecule is CN(CC(=O)N1C(=O)NC(c2ccccc2)(c2ccccc2)C1=O)C(=O)OC(C)(C)C. The molecule has 1 fully saturated rings. The number of rotatable bonds is 4. The summed E-state index contributed by atoms with van der Waals surface area (Å²) in [7, 11) is 1.37. The van der Waals surface area contributed by atoms with Gasteiger partial charge in [-0.1, -0.05) is 60.7 Å². The van der Waals surface area contributed by atoms with Gasteiger partial charge in [-0.2, -0.15) is 4.90 Å². The van der Waals surface area contributed by atoms with Crippen LogP contribution in [0.2, 0.25) is 0 Å². The molecule has 0 saturated carbocycles. The average Bonchev–Trinajstić information content (AvgIpc) is 2.99. The molecule has 1 N–H and O–H groups in total. The molecule has 0 unspecified atom stereocenters. The van der Waals surface area contributed by atoms with Crippen molar-refractivity contribution >= 4 is 23.9 Å². The minimum atomic E-state index is -1.54. The number of imide groups is 3. The number of benzene rings is 2. The minimum Gasteiger partial charge on any atom is -0.444 e. The lowest BCUT2D eigenvalue weighted by molar-refractivity contribution is -0.141. The first-order valence-electron chi connectivity index (χ1n) is 9.81. The molecule has 31 heavy (non-hydrogen) atoms. The Labute approximate surface area is 180 Å². The molecule has 0 atom stereocenters. The zero-order valence-electron chi connectivity index (χ0n) is 17.9. The maximum absolute atomic E-state index is 13.5. The van der Waals surface area contributed by atoms with Gasteiger partial charge in [-0.15, -0.1) is 0 Å². The van der Waals surface area contributed by atoms with Crippen molar-refractivity contribution in [3.63, 3.8) is 0 Å². The summed E-state index contributed by atoms with van der Waals surface area (Å²) < 4.78 is 5.23. The number of nitrogens with one attached hydrogen (secondary N) is 1. The predicted octanol–water partition coefficient (Wildman–Crippen LogP) is 2.88. The fraction of sp³-hybridized carbons (Fsp3) is 0.304. The first kappa shape index (κ1) is 22.0. The van der Waals surface area contributed by atoms with E-state index in [-0.39, 0.29) is 0 Å². The molecule has 0 spiro atoms. The van der Waals surface area contributed by atoms with Crippen molar-refractivity contribution in [1.82, 2.24) is 15.1 Å². The van der Waals surface area contributed by atoms with Crippen LogP contribution in [0.5, 0.6) is 0 Å². The Hall–Kier alpha value is -3.68. The van der Waals surface area contributed by atoms with Gasteiger partial charge in [0.25, 0.3) is 11.8 Å². The Bertz CT molecular complexity index is 959. The summed E-state index contributed by atoms with van der Waals surface area (Å²) in [6.45, 7) is 4.61. The van der Waals surface area contributed by atoms with Crippen LogP contribution in [0, 0.1) is 0 Å². The van der Waals surface area contributed by atoms with E-state index in [1.54, 1.807) is 81.4 Å². The molecule has 0 bridgehead atoms. The van der Waals surface area contributed by atoms with Crippen LogP contribution in [0.1, 0.15) is 31.9 Å². The van der Waals surface area contributed by atoms with Crippen molar-refractivity contribution in [2.45, 2.75) is 31.9 Å². The first-order chi connectivity index (χ1) is 14.6. The lowest BCUT2D eigenvalue weighted by atomic mass is 9.82. The normalized spacial score (nSPS) is 15.4. The first-order valence-corrected chi connectivity index (χ1v) is 9.81. The summed E-state index contributed by atoms with van der Waals surface area (Å²) in [4.78, 5) is 53.0. The highest BCUT2D eigenvalue weighted by Crippen LogP contribution is 2.36. The van der Waals surface area contributed by atoms with E-state index in [1.807, 2.05) is 0 Å². The Balaban J connectivity index is 1.92. The highest BCUT2D eigenvalue weighted by molar-refractivity contribution is 6.20. The molecule has 2 aromatic carbocycles. The van der Waals surface area contributed by atoms with E-state index in [2.05, 4.69) is 5.32 Å². The predicted molar refractivity (Wildman–Crippen MR) is 113 cm³/mol. The minimum absolute atomic E-state index is 0.492. The van der Waals surface area contributed by atoms with E-state index in [9.17, 15) is 19.2 Å². The van der Waals surface area contributed by atoms with Crippen LogP contribution in [0.15, 0.2) is 60.7 Å². The number of carbonyl (C=O) groups excluding carboxylic acids is 4. The van der Waals surface area contributed by atoms with Gasteiger partial charge in [-0.3, -0.25) is 9.59 Å². The van der Waals surface area contributed by atoms with Gasteiger partial charge in [0.2, 0.25) is 0 Å². The molecule has 1 heterocycles. The number of likely N-dealkylation sites (N-methyl/N-ethyl adjacent to an activating group) is 1. The highest BCUT2D eigenvalue weighted by atomic mass is 16.6. The molecule has 3 rings (SSSR count). The number of hydrogen-bond acceptors (Lipinski definition) is 5. The van der Waals surface area contributed by atoms with Gasteiger partial charge >= 0.3 is 12.1 Å². The van der Waals surface area contributed by atoms with Crippen LogP contribution >= 0.6 is 0 Å². The zero-order chi connectivity index (χ0) is 22.8. The third kappa shape index (κ3) is 4.28. The van der Waals surface area contributed by atoms with E-state index in [0.29, 0.717) is 16.0 Å². The maximum Gasteiger partial charge on any atom is 0.410 e. The van der Waals surface area contributed by atoms with Gasteiger partial charge in [0.1, 0.15) is 12.1 Å². The third-order valence-electron chi connectivity index (χ3n) is 4.76. The number of carbonyl (C=O) groups is 4. The Morgan fingerprint density at radius 3 is 1.90 bits per heavy atom. The van der Waals surface area contributed by atoms with Crippen LogP contribution in [0.25, 0.3) is 0 Å².